The highest BCUT2D eigenvalue weighted by atomic mass is 16.4. The van der Waals surface area contributed by atoms with Crippen molar-refractivity contribution in [2.24, 2.45) is 16.3 Å². The predicted octanol–water partition coefficient (Wildman–Crippen LogP) is 4.04. The molecule has 0 atom stereocenters. The lowest BCUT2D eigenvalue weighted by Crippen LogP contribution is -2.31. The van der Waals surface area contributed by atoms with Crippen molar-refractivity contribution in [1.82, 2.24) is 10.4 Å². The van der Waals surface area contributed by atoms with Crippen molar-refractivity contribution in [2.45, 2.75) is 40.5 Å². The molecule has 8 nitrogen and oxygen atoms in total. The monoisotopic (exact) mass is 419 g/mol. The second-order valence-corrected chi connectivity index (χ2v) is 8.69. The van der Waals surface area contributed by atoms with Gasteiger partial charge in [-0.15, -0.1) is 0 Å². The first-order valence-electron chi connectivity index (χ1n) is 10.1. The molecule has 8 heteroatoms. The maximum Gasteiger partial charge on any atom is 0.332 e. The Morgan fingerprint density at radius 3 is 2.68 bits per heavy atom. The number of furan rings is 1. The summed E-state index contributed by atoms with van der Waals surface area (Å²) in [5.74, 6) is 0.565. The van der Waals surface area contributed by atoms with E-state index in [1.807, 2.05) is 44.2 Å². The number of nitrogens with zero attached hydrogens (tertiary/aromatic N) is 2. The Morgan fingerprint density at radius 1 is 1.19 bits per heavy atom. The molecule has 0 spiro atoms. The molecule has 0 saturated heterocycles. The number of anilines is 1. The molecule has 4 rings (SSSR count). The molecule has 0 unspecified atom stereocenters. The van der Waals surface area contributed by atoms with Gasteiger partial charge in [0.1, 0.15) is 5.76 Å². The summed E-state index contributed by atoms with van der Waals surface area (Å²) in [4.78, 5) is 28.9. The van der Waals surface area contributed by atoms with Crippen LogP contribution in [0.15, 0.2) is 39.9 Å². The summed E-state index contributed by atoms with van der Waals surface area (Å²) in [6.45, 7) is 7.87. The van der Waals surface area contributed by atoms with Gasteiger partial charge in [-0.25, -0.2) is 10.2 Å². The fraction of sp³-hybridized carbons (Fsp3) is 0.304. The average molecular weight is 419 g/mol. The van der Waals surface area contributed by atoms with Gasteiger partial charge in [-0.1, -0.05) is 32.0 Å². The highest BCUT2D eigenvalue weighted by Crippen LogP contribution is 2.39. The number of pyridine rings is 1. The minimum absolute atomic E-state index is 0.137. The van der Waals surface area contributed by atoms with Crippen LogP contribution in [-0.4, -0.2) is 22.6 Å². The molecule has 3 amide bonds. The lowest BCUT2D eigenvalue weighted by molar-refractivity contribution is 0.0993. The van der Waals surface area contributed by atoms with Crippen molar-refractivity contribution in [1.29, 1.82) is 0 Å². The fourth-order valence-corrected chi connectivity index (χ4v) is 4.14. The summed E-state index contributed by atoms with van der Waals surface area (Å²) in [6.07, 6.45) is 1.28. The number of carbonyl (C=O) groups is 2. The van der Waals surface area contributed by atoms with E-state index in [0.717, 1.165) is 22.2 Å². The Kier molecular flexibility index (Phi) is 5.00. The molecule has 4 N–H and O–H groups in total. The highest BCUT2D eigenvalue weighted by Gasteiger charge is 2.36. The SMILES string of the molecule is Cc1cc(NC(=O)c2oc3c(c2C)/C(=N\NC(N)=O)CC(C)(C)C3)c2ccccc2n1. The van der Waals surface area contributed by atoms with Gasteiger partial charge in [0, 0.05) is 28.6 Å². The van der Waals surface area contributed by atoms with Crippen LogP contribution in [0.2, 0.25) is 0 Å². The number of amides is 3. The number of primary amides is 1. The zero-order chi connectivity index (χ0) is 22.3. The van der Waals surface area contributed by atoms with Gasteiger partial charge >= 0.3 is 6.03 Å². The Balaban J connectivity index is 1.73. The number of nitrogens with one attached hydrogen (secondary N) is 2. The van der Waals surface area contributed by atoms with Gasteiger partial charge in [-0.2, -0.15) is 5.10 Å². The predicted molar refractivity (Wildman–Crippen MR) is 119 cm³/mol. The Hall–Kier alpha value is -3.68. The largest absolute Gasteiger partial charge is 0.455 e. The average Bonchev–Trinajstić information content (AvgIpc) is 3.01. The van der Waals surface area contributed by atoms with Crippen LogP contribution in [0.1, 0.15) is 53.4 Å². The second-order valence-electron chi connectivity index (χ2n) is 8.69. The number of carbonyl (C=O) groups excluding carboxylic acids is 2. The zero-order valence-electron chi connectivity index (χ0n) is 18.0. The summed E-state index contributed by atoms with van der Waals surface area (Å²) in [7, 11) is 0. The van der Waals surface area contributed by atoms with E-state index in [4.69, 9.17) is 10.2 Å². The van der Waals surface area contributed by atoms with Gasteiger partial charge in [0.05, 0.1) is 16.9 Å². The minimum atomic E-state index is -0.739. The molecule has 2 heterocycles. The molecule has 0 aliphatic heterocycles. The molecule has 1 aliphatic carbocycles. The molecule has 1 aromatic carbocycles. The van der Waals surface area contributed by atoms with Crippen LogP contribution < -0.4 is 16.5 Å². The van der Waals surface area contributed by atoms with E-state index in [9.17, 15) is 9.59 Å². The zero-order valence-corrected chi connectivity index (χ0v) is 18.0. The van der Waals surface area contributed by atoms with Crippen LogP contribution >= 0.6 is 0 Å². The van der Waals surface area contributed by atoms with Crippen LogP contribution in [0.5, 0.6) is 0 Å². The quantitative estimate of drug-likeness (QED) is 0.554. The summed E-state index contributed by atoms with van der Waals surface area (Å²) in [5.41, 5.74) is 11.7. The second kappa shape index (κ2) is 7.54. The van der Waals surface area contributed by atoms with E-state index < -0.39 is 6.03 Å². The number of urea groups is 1. The Morgan fingerprint density at radius 2 is 1.94 bits per heavy atom. The number of hydrazone groups is 1. The fourth-order valence-electron chi connectivity index (χ4n) is 4.14. The topological polar surface area (TPSA) is 123 Å². The standard InChI is InChI=1S/C23H25N5O3/c1-12-9-16(14-7-5-6-8-15(14)25-12)26-21(29)20-13(2)19-17(27-28-22(24)30)10-23(3,4)11-18(19)31-20/h5-9H,10-11H2,1-4H3,(H3,24,28,30)(H,25,26,29)/b27-17-. The van der Waals surface area contributed by atoms with Gasteiger partial charge in [0.15, 0.2) is 5.76 Å². The van der Waals surface area contributed by atoms with Crippen molar-refractivity contribution in [3.05, 3.63) is 58.7 Å². The third-order valence-electron chi connectivity index (χ3n) is 5.39. The smallest absolute Gasteiger partial charge is 0.332 e. The summed E-state index contributed by atoms with van der Waals surface area (Å²) in [5, 5.41) is 8.01. The lowest BCUT2D eigenvalue weighted by atomic mass is 9.75. The van der Waals surface area contributed by atoms with Crippen molar-refractivity contribution in [2.75, 3.05) is 5.32 Å². The molecule has 3 aromatic rings. The van der Waals surface area contributed by atoms with Gasteiger partial charge in [0.2, 0.25) is 0 Å². The van der Waals surface area contributed by atoms with E-state index in [2.05, 4.69) is 34.7 Å². The number of benzene rings is 1. The molecule has 0 bridgehead atoms. The summed E-state index contributed by atoms with van der Waals surface area (Å²) >= 11 is 0. The number of aryl methyl sites for hydroxylation is 1. The summed E-state index contributed by atoms with van der Waals surface area (Å²) < 4.78 is 6.03. The van der Waals surface area contributed by atoms with Crippen LogP contribution in [0.4, 0.5) is 10.5 Å². The molecule has 0 radical (unpaired) electrons. The molecule has 0 saturated carbocycles. The Labute approximate surface area is 179 Å². The third kappa shape index (κ3) is 4.01. The van der Waals surface area contributed by atoms with Gasteiger partial charge in [-0.3, -0.25) is 9.78 Å². The molecular weight excluding hydrogens is 394 g/mol. The van der Waals surface area contributed by atoms with E-state index in [-0.39, 0.29) is 17.1 Å². The number of para-hydroxylation sites is 1. The van der Waals surface area contributed by atoms with E-state index in [0.29, 0.717) is 35.6 Å². The van der Waals surface area contributed by atoms with Gasteiger partial charge < -0.3 is 15.5 Å². The van der Waals surface area contributed by atoms with Crippen LogP contribution in [-0.2, 0) is 6.42 Å². The van der Waals surface area contributed by atoms with Crippen LogP contribution in [0.25, 0.3) is 10.9 Å². The normalized spacial score (nSPS) is 16.2. The van der Waals surface area contributed by atoms with E-state index in [1.165, 1.54) is 0 Å². The Bertz CT molecular complexity index is 1240. The minimum Gasteiger partial charge on any atom is -0.455 e. The highest BCUT2D eigenvalue weighted by molar-refractivity contribution is 6.11. The molecule has 160 valence electrons. The van der Waals surface area contributed by atoms with E-state index in [1.54, 1.807) is 0 Å². The number of rotatable bonds is 3. The number of fused-ring (bicyclic) bond motifs is 2. The number of aromatic nitrogens is 1. The molecule has 2 aromatic heterocycles. The summed E-state index contributed by atoms with van der Waals surface area (Å²) in [6, 6.07) is 8.74. The number of hydrogen-bond acceptors (Lipinski definition) is 5. The van der Waals surface area contributed by atoms with Crippen molar-refractivity contribution in [3.63, 3.8) is 0 Å². The molecule has 1 aliphatic rings. The molecule has 0 fully saturated rings. The van der Waals surface area contributed by atoms with Crippen molar-refractivity contribution in [3.8, 4) is 0 Å². The van der Waals surface area contributed by atoms with Gasteiger partial charge in [-0.05, 0) is 37.8 Å². The lowest BCUT2D eigenvalue weighted by Gasteiger charge is -2.29. The first kappa shape index (κ1) is 20.6. The first-order chi connectivity index (χ1) is 14.6. The number of nitrogens with two attached hydrogens (primary N) is 1. The maximum absolute atomic E-state index is 13.2. The molecular formula is C23H25N5O3. The van der Waals surface area contributed by atoms with Gasteiger partial charge in [0.25, 0.3) is 5.91 Å². The first-order valence-corrected chi connectivity index (χ1v) is 10.1. The van der Waals surface area contributed by atoms with Crippen molar-refractivity contribution >= 4 is 34.2 Å². The molecule has 31 heavy (non-hydrogen) atoms. The van der Waals surface area contributed by atoms with E-state index >= 15 is 0 Å². The van der Waals surface area contributed by atoms with Crippen molar-refractivity contribution < 1.29 is 14.0 Å². The maximum atomic E-state index is 13.2. The van der Waals surface area contributed by atoms with Crippen LogP contribution in [0.3, 0.4) is 0 Å². The van der Waals surface area contributed by atoms with Crippen LogP contribution in [0, 0.1) is 19.3 Å². The number of hydrogen-bond donors (Lipinski definition) is 3. The third-order valence-corrected chi connectivity index (χ3v) is 5.39.